The van der Waals surface area contributed by atoms with E-state index < -0.39 is 0 Å². The van der Waals surface area contributed by atoms with Gasteiger partial charge in [-0.05, 0) is 62.2 Å². The predicted molar refractivity (Wildman–Crippen MR) is 105 cm³/mol. The van der Waals surface area contributed by atoms with Gasteiger partial charge in [-0.1, -0.05) is 18.2 Å². The fraction of sp³-hybridized carbons (Fsp3) is 0.381. The Morgan fingerprint density at radius 3 is 2.68 bits per heavy atom. The van der Waals surface area contributed by atoms with E-state index in [0.29, 0.717) is 25.4 Å². The van der Waals surface area contributed by atoms with Crippen molar-refractivity contribution in [1.82, 2.24) is 24.8 Å². The molecule has 0 bridgehead atoms. The van der Waals surface area contributed by atoms with Crippen LogP contribution in [0.15, 0.2) is 48.7 Å². The molecule has 0 spiro atoms. The molecule has 1 aromatic carbocycles. The van der Waals surface area contributed by atoms with Crippen LogP contribution >= 0.6 is 0 Å². The number of halogens is 1. The molecule has 1 fully saturated rings. The van der Waals surface area contributed by atoms with Crippen LogP contribution in [0, 0.1) is 5.82 Å². The Morgan fingerprint density at radius 1 is 1.11 bits per heavy atom. The first-order chi connectivity index (χ1) is 13.7. The summed E-state index contributed by atoms with van der Waals surface area (Å²) in [6.45, 7) is 2.72. The molecule has 28 heavy (non-hydrogen) atoms. The lowest BCUT2D eigenvalue weighted by Gasteiger charge is -2.30. The van der Waals surface area contributed by atoms with Crippen molar-refractivity contribution in [1.29, 1.82) is 0 Å². The van der Waals surface area contributed by atoms with Gasteiger partial charge in [0.15, 0.2) is 5.65 Å². The maximum atomic E-state index is 12.9. The summed E-state index contributed by atoms with van der Waals surface area (Å²) < 4.78 is 15.0. The topological polar surface area (TPSA) is 62.5 Å². The molecule has 0 aliphatic carbocycles. The second kappa shape index (κ2) is 8.48. The molecule has 2 aromatic heterocycles. The number of amides is 1. The minimum Gasteiger partial charge on any atom is -0.355 e. The molecule has 0 atom stereocenters. The van der Waals surface area contributed by atoms with Gasteiger partial charge in [0.25, 0.3) is 0 Å². The Hall–Kier alpha value is -2.80. The van der Waals surface area contributed by atoms with Crippen LogP contribution < -0.4 is 5.32 Å². The molecule has 0 saturated carbocycles. The second-order valence-electron chi connectivity index (χ2n) is 7.26. The van der Waals surface area contributed by atoms with E-state index in [-0.39, 0.29) is 11.7 Å². The third-order valence-corrected chi connectivity index (χ3v) is 5.31. The van der Waals surface area contributed by atoms with Crippen LogP contribution in [0.25, 0.3) is 5.65 Å². The summed E-state index contributed by atoms with van der Waals surface area (Å²) in [5, 5.41) is 11.6. The lowest BCUT2D eigenvalue weighted by Crippen LogP contribution is -2.41. The zero-order valence-electron chi connectivity index (χ0n) is 15.7. The Morgan fingerprint density at radius 2 is 1.89 bits per heavy atom. The van der Waals surface area contributed by atoms with E-state index in [0.717, 1.165) is 43.0 Å². The normalized spacial score (nSPS) is 15.8. The van der Waals surface area contributed by atoms with Gasteiger partial charge in [-0.3, -0.25) is 14.1 Å². The number of rotatable bonds is 6. The number of fused-ring (bicyclic) bond motifs is 1. The van der Waals surface area contributed by atoms with Crippen molar-refractivity contribution in [2.24, 2.45) is 0 Å². The number of hydrogen-bond donors (Lipinski definition) is 1. The summed E-state index contributed by atoms with van der Waals surface area (Å²) >= 11 is 0. The third kappa shape index (κ3) is 4.36. The maximum Gasteiger partial charge on any atom is 0.234 e. The van der Waals surface area contributed by atoms with Crippen LogP contribution in [0.4, 0.5) is 4.39 Å². The summed E-state index contributed by atoms with van der Waals surface area (Å²) in [7, 11) is 0. The zero-order chi connectivity index (χ0) is 19.3. The predicted octanol–water partition coefficient (Wildman–Crippen LogP) is 2.41. The number of nitrogens with zero attached hydrogens (tertiary/aromatic N) is 4. The highest BCUT2D eigenvalue weighted by Gasteiger charge is 2.25. The number of nitrogens with one attached hydrogen (secondary N) is 1. The molecule has 6 nitrogen and oxygen atoms in total. The lowest BCUT2D eigenvalue weighted by molar-refractivity contribution is -0.122. The molecule has 1 aliphatic heterocycles. The molecule has 1 saturated heterocycles. The molecule has 3 heterocycles. The highest BCUT2D eigenvalue weighted by Crippen LogP contribution is 2.26. The highest BCUT2D eigenvalue weighted by molar-refractivity contribution is 5.78. The standard InChI is InChI=1S/C21H24FN5O/c22-18-6-4-16(5-7-18)8-11-23-20(28)15-26-13-9-17(10-14-26)21-25-24-19-3-1-2-12-27(19)21/h1-7,12,17H,8-11,13-15H2,(H,23,28). The molecule has 146 valence electrons. The third-order valence-electron chi connectivity index (χ3n) is 5.31. The largest absolute Gasteiger partial charge is 0.355 e. The first kappa shape index (κ1) is 18.6. The van der Waals surface area contributed by atoms with Crippen LogP contribution in [-0.2, 0) is 11.2 Å². The van der Waals surface area contributed by atoms with Gasteiger partial charge < -0.3 is 5.32 Å². The van der Waals surface area contributed by atoms with E-state index in [2.05, 4.69) is 24.8 Å². The molecule has 1 aliphatic rings. The average Bonchev–Trinajstić information content (AvgIpc) is 3.14. The molecule has 1 N–H and O–H groups in total. The van der Waals surface area contributed by atoms with E-state index in [1.54, 1.807) is 12.1 Å². The number of likely N-dealkylation sites (tertiary alicyclic amines) is 1. The fourth-order valence-electron chi connectivity index (χ4n) is 3.74. The number of hydrogen-bond acceptors (Lipinski definition) is 4. The lowest BCUT2D eigenvalue weighted by atomic mass is 9.96. The van der Waals surface area contributed by atoms with Crippen molar-refractivity contribution in [3.05, 3.63) is 65.9 Å². The van der Waals surface area contributed by atoms with Crippen LogP contribution in [-0.4, -0.2) is 51.6 Å². The Labute approximate surface area is 163 Å². The Balaban J connectivity index is 1.22. The first-order valence-electron chi connectivity index (χ1n) is 9.72. The minimum atomic E-state index is -0.240. The monoisotopic (exact) mass is 381 g/mol. The van der Waals surface area contributed by atoms with Crippen molar-refractivity contribution < 1.29 is 9.18 Å². The smallest absolute Gasteiger partial charge is 0.234 e. The second-order valence-corrected chi connectivity index (χ2v) is 7.26. The van der Waals surface area contributed by atoms with E-state index in [1.165, 1.54) is 12.1 Å². The summed E-state index contributed by atoms with van der Waals surface area (Å²) in [5.74, 6) is 1.18. The summed E-state index contributed by atoms with van der Waals surface area (Å²) in [5.41, 5.74) is 1.89. The van der Waals surface area contributed by atoms with Gasteiger partial charge in [-0.15, -0.1) is 10.2 Å². The van der Waals surface area contributed by atoms with Crippen LogP contribution in [0.5, 0.6) is 0 Å². The van der Waals surface area contributed by atoms with Gasteiger partial charge in [0.1, 0.15) is 11.6 Å². The molecule has 0 radical (unpaired) electrons. The highest BCUT2D eigenvalue weighted by atomic mass is 19.1. The molecule has 3 aromatic rings. The number of piperidine rings is 1. The summed E-state index contributed by atoms with van der Waals surface area (Å²) in [6.07, 6.45) is 4.65. The fourth-order valence-corrected chi connectivity index (χ4v) is 3.74. The summed E-state index contributed by atoms with van der Waals surface area (Å²) in [4.78, 5) is 14.4. The van der Waals surface area contributed by atoms with Crippen molar-refractivity contribution in [3.63, 3.8) is 0 Å². The number of aromatic nitrogens is 3. The molecule has 1 amide bonds. The van der Waals surface area contributed by atoms with E-state index in [1.807, 2.05) is 24.4 Å². The number of carbonyl (C=O) groups is 1. The van der Waals surface area contributed by atoms with Crippen LogP contribution in [0.3, 0.4) is 0 Å². The van der Waals surface area contributed by atoms with Crippen LogP contribution in [0.1, 0.15) is 30.1 Å². The van der Waals surface area contributed by atoms with Gasteiger partial charge in [0.05, 0.1) is 6.54 Å². The quantitative estimate of drug-likeness (QED) is 0.712. The molecule has 0 unspecified atom stereocenters. The van der Waals surface area contributed by atoms with Gasteiger partial charge >= 0.3 is 0 Å². The van der Waals surface area contributed by atoms with Crippen molar-refractivity contribution >= 4 is 11.6 Å². The van der Waals surface area contributed by atoms with Gasteiger partial charge in [-0.2, -0.15) is 0 Å². The SMILES string of the molecule is O=C(CN1CCC(c2nnc3ccccn23)CC1)NCCc1ccc(F)cc1. The molecular weight excluding hydrogens is 357 g/mol. The first-order valence-corrected chi connectivity index (χ1v) is 9.72. The van der Waals surface area contributed by atoms with Gasteiger partial charge in [0, 0.05) is 18.7 Å². The minimum absolute atomic E-state index is 0.0356. The van der Waals surface area contributed by atoms with Gasteiger partial charge in [0.2, 0.25) is 5.91 Å². The van der Waals surface area contributed by atoms with Crippen LogP contribution in [0.2, 0.25) is 0 Å². The molecular formula is C21H24FN5O. The van der Waals surface area contributed by atoms with E-state index in [4.69, 9.17) is 0 Å². The average molecular weight is 381 g/mol. The number of pyridine rings is 1. The zero-order valence-corrected chi connectivity index (χ0v) is 15.7. The van der Waals surface area contributed by atoms with Crippen molar-refractivity contribution in [2.75, 3.05) is 26.2 Å². The molecule has 7 heteroatoms. The van der Waals surface area contributed by atoms with E-state index >= 15 is 0 Å². The van der Waals surface area contributed by atoms with Crippen molar-refractivity contribution in [3.8, 4) is 0 Å². The number of benzene rings is 1. The Kier molecular flexibility index (Phi) is 5.62. The van der Waals surface area contributed by atoms with E-state index in [9.17, 15) is 9.18 Å². The maximum absolute atomic E-state index is 12.9. The van der Waals surface area contributed by atoms with Gasteiger partial charge in [-0.25, -0.2) is 4.39 Å². The summed E-state index contributed by atoms with van der Waals surface area (Å²) in [6, 6.07) is 12.3. The molecule has 4 rings (SSSR count). The number of carbonyl (C=O) groups excluding carboxylic acids is 1. The Bertz CT molecular complexity index is 931. The van der Waals surface area contributed by atoms with Crippen molar-refractivity contribution in [2.45, 2.75) is 25.2 Å².